The first kappa shape index (κ1) is 19.6. The van der Waals surface area contributed by atoms with Gasteiger partial charge in [-0.25, -0.2) is 0 Å². The van der Waals surface area contributed by atoms with E-state index in [-0.39, 0.29) is 17.7 Å². The highest BCUT2D eigenvalue weighted by Gasteiger charge is 2.23. The highest BCUT2D eigenvalue weighted by molar-refractivity contribution is 7.09. The van der Waals surface area contributed by atoms with Gasteiger partial charge in [-0.1, -0.05) is 25.0 Å². The van der Waals surface area contributed by atoms with E-state index in [1.54, 1.807) is 35.5 Å². The Kier molecular flexibility index (Phi) is 7.01. The molecule has 1 aromatic carbocycles. The van der Waals surface area contributed by atoms with Crippen molar-refractivity contribution >= 4 is 28.8 Å². The number of methoxy groups -OCH3 is 1. The fraction of sp³-hybridized carbons (Fsp3) is 0.429. The molecule has 5 nitrogen and oxygen atoms in total. The summed E-state index contributed by atoms with van der Waals surface area (Å²) in [5.41, 5.74) is 1.26. The van der Waals surface area contributed by atoms with Crippen LogP contribution in [0.15, 0.2) is 41.8 Å². The number of carbonyl (C=O) groups is 2. The van der Waals surface area contributed by atoms with Gasteiger partial charge in [-0.15, -0.1) is 11.3 Å². The van der Waals surface area contributed by atoms with E-state index in [1.807, 2.05) is 29.6 Å². The summed E-state index contributed by atoms with van der Waals surface area (Å²) in [7, 11) is 1.63. The largest absolute Gasteiger partial charge is 0.383 e. The summed E-state index contributed by atoms with van der Waals surface area (Å²) in [6.07, 6.45) is 4.15. The molecule has 1 N–H and O–H groups in total. The second-order valence-electron chi connectivity index (χ2n) is 6.85. The van der Waals surface area contributed by atoms with Gasteiger partial charge in [0.15, 0.2) is 0 Å². The minimum Gasteiger partial charge on any atom is -0.383 e. The number of thiophene rings is 1. The van der Waals surface area contributed by atoms with Crippen LogP contribution < -0.4 is 5.32 Å². The van der Waals surface area contributed by atoms with Crippen molar-refractivity contribution in [3.8, 4) is 0 Å². The van der Waals surface area contributed by atoms with Gasteiger partial charge in [0.2, 0.25) is 5.91 Å². The molecule has 0 atom stereocenters. The first-order chi connectivity index (χ1) is 13.2. The molecule has 27 heavy (non-hydrogen) atoms. The monoisotopic (exact) mass is 386 g/mol. The number of amides is 2. The zero-order valence-corrected chi connectivity index (χ0v) is 16.5. The molecule has 2 amide bonds. The maximum Gasteiger partial charge on any atom is 0.254 e. The first-order valence-electron chi connectivity index (χ1n) is 9.39. The number of hydrogen-bond acceptors (Lipinski definition) is 4. The highest BCUT2D eigenvalue weighted by atomic mass is 32.1. The Morgan fingerprint density at radius 2 is 2.04 bits per heavy atom. The van der Waals surface area contributed by atoms with E-state index in [1.165, 1.54) is 0 Å². The molecule has 0 unspecified atom stereocenters. The molecule has 1 aliphatic carbocycles. The molecule has 0 bridgehead atoms. The Balaban J connectivity index is 1.70. The first-order valence-corrected chi connectivity index (χ1v) is 10.3. The second-order valence-corrected chi connectivity index (χ2v) is 7.88. The third-order valence-corrected chi connectivity index (χ3v) is 5.74. The van der Waals surface area contributed by atoms with Crippen molar-refractivity contribution in [3.63, 3.8) is 0 Å². The Morgan fingerprint density at radius 1 is 1.22 bits per heavy atom. The van der Waals surface area contributed by atoms with Crippen LogP contribution in [0.5, 0.6) is 0 Å². The third-order valence-electron chi connectivity index (χ3n) is 4.88. The van der Waals surface area contributed by atoms with Crippen LogP contribution in [0.3, 0.4) is 0 Å². The Hall–Kier alpha value is -2.18. The number of hydrogen-bond donors (Lipinski definition) is 1. The van der Waals surface area contributed by atoms with Gasteiger partial charge < -0.3 is 15.0 Å². The Labute approximate surface area is 164 Å². The molecule has 6 heteroatoms. The van der Waals surface area contributed by atoms with Crippen molar-refractivity contribution in [2.75, 3.05) is 25.6 Å². The van der Waals surface area contributed by atoms with Crippen LogP contribution in [-0.4, -0.2) is 37.0 Å². The van der Waals surface area contributed by atoms with Crippen LogP contribution in [-0.2, 0) is 16.1 Å². The fourth-order valence-corrected chi connectivity index (χ4v) is 4.11. The van der Waals surface area contributed by atoms with Gasteiger partial charge in [-0.2, -0.15) is 0 Å². The van der Waals surface area contributed by atoms with Gasteiger partial charge in [0.1, 0.15) is 0 Å². The molecule has 1 fully saturated rings. The summed E-state index contributed by atoms with van der Waals surface area (Å²) >= 11 is 1.63. The Morgan fingerprint density at radius 3 is 2.74 bits per heavy atom. The van der Waals surface area contributed by atoms with E-state index < -0.39 is 0 Å². The van der Waals surface area contributed by atoms with Crippen LogP contribution in [0.4, 0.5) is 5.69 Å². The van der Waals surface area contributed by atoms with Crippen molar-refractivity contribution in [1.29, 1.82) is 0 Å². The molecule has 1 aliphatic rings. The normalized spacial score (nSPS) is 14.3. The number of ether oxygens (including phenoxy) is 1. The number of nitrogens with one attached hydrogen (secondary N) is 1. The molecular weight excluding hydrogens is 360 g/mol. The van der Waals surface area contributed by atoms with Crippen molar-refractivity contribution < 1.29 is 14.3 Å². The molecule has 144 valence electrons. The minimum atomic E-state index is -0.0579. The summed E-state index contributed by atoms with van der Waals surface area (Å²) in [4.78, 5) is 28.3. The van der Waals surface area contributed by atoms with Gasteiger partial charge >= 0.3 is 0 Å². The maximum atomic E-state index is 13.0. The molecule has 0 radical (unpaired) electrons. The smallest absolute Gasteiger partial charge is 0.254 e. The molecular formula is C21H26N2O3S. The summed E-state index contributed by atoms with van der Waals surface area (Å²) < 4.78 is 5.16. The average Bonchev–Trinajstić information content (AvgIpc) is 3.38. The lowest BCUT2D eigenvalue weighted by Crippen LogP contribution is -2.33. The molecule has 0 spiro atoms. The predicted molar refractivity (Wildman–Crippen MR) is 108 cm³/mol. The van der Waals surface area contributed by atoms with E-state index in [0.29, 0.717) is 30.9 Å². The van der Waals surface area contributed by atoms with Crippen molar-refractivity contribution in [2.45, 2.75) is 32.2 Å². The van der Waals surface area contributed by atoms with Crippen LogP contribution >= 0.6 is 11.3 Å². The molecule has 3 rings (SSSR count). The van der Waals surface area contributed by atoms with Gasteiger partial charge in [0.25, 0.3) is 5.91 Å². The van der Waals surface area contributed by atoms with Crippen LogP contribution in [0, 0.1) is 5.92 Å². The summed E-state index contributed by atoms with van der Waals surface area (Å²) in [5.74, 6) is 0.103. The van der Waals surface area contributed by atoms with Crippen LogP contribution in [0.25, 0.3) is 0 Å². The van der Waals surface area contributed by atoms with E-state index in [9.17, 15) is 9.59 Å². The molecule has 0 aliphatic heterocycles. The van der Waals surface area contributed by atoms with E-state index in [0.717, 1.165) is 30.6 Å². The second kappa shape index (κ2) is 9.67. The Bertz CT molecular complexity index is 755. The number of nitrogens with zero attached hydrogens (tertiary/aromatic N) is 1. The average molecular weight is 387 g/mol. The quantitative estimate of drug-likeness (QED) is 0.741. The number of rotatable bonds is 8. The zero-order chi connectivity index (χ0) is 19.1. The van der Waals surface area contributed by atoms with E-state index in [2.05, 4.69) is 5.32 Å². The standard InChI is InChI=1S/C21H26N2O3S/c1-26-12-11-23(15-19-10-5-13-27-19)21(25)17-8-4-9-18(14-17)22-20(24)16-6-2-3-7-16/h4-5,8-10,13-14,16H,2-3,6-7,11-12,15H2,1H3,(H,22,24). The van der Waals surface area contributed by atoms with Crippen LogP contribution in [0.2, 0.25) is 0 Å². The summed E-state index contributed by atoms with van der Waals surface area (Å²) in [5, 5.41) is 4.98. The SMILES string of the molecule is COCCN(Cc1cccs1)C(=O)c1cccc(NC(=O)C2CCCC2)c1. The predicted octanol–water partition coefficient (Wildman–Crippen LogP) is 4.17. The number of anilines is 1. The van der Waals surface area contributed by atoms with Gasteiger partial charge in [0, 0.05) is 35.7 Å². The minimum absolute atomic E-state index is 0.0579. The van der Waals surface area contributed by atoms with Gasteiger partial charge in [-0.3, -0.25) is 9.59 Å². The lowest BCUT2D eigenvalue weighted by molar-refractivity contribution is -0.119. The fourth-order valence-electron chi connectivity index (χ4n) is 3.39. The van der Waals surface area contributed by atoms with Gasteiger partial charge in [-0.05, 0) is 42.5 Å². The third kappa shape index (κ3) is 5.40. The maximum absolute atomic E-state index is 13.0. The highest BCUT2D eigenvalue weighted by Crippen LogP contribution is 2.26. The van der Waals surface area contributed by atoms with Crippen LogP contribution in [0.1, 0.15) is 40.9 Å². The van der Waals surface area contributed by atoms with E-state index >= 15 is 0 Å². The molecule has 0 saturated heterocycles. The number of benzene rings is 1. The number of carbonyl (C=O) groups excluding carboxylic acids is 2. The van der Waals surface area contributed by atoms with Crippen molar-refractivity contribution in [3.05, 3.63) is 52.2 Å². The molecule has 1 saturated carbocycles. The summed E-state index contributed by atoms with van der Waals surface area (Å²) in [6.45, 7) is 1.56. The molecule has 1 heterocycles. The lowest BCUT2D eigenvalue weighted by atomic mass is 10.1. The van der Waals surface area contributed by atoms with Crippen molar-refractivity contribution in [2.24, 2.45) is 5.92 Å². The van der Waals surface area contributed by atoms with E-state index in [4.69, 9.17) is 4.74 Å². The topological polar surface area (TPSA) is 58.6 Å². The van der Waals surface area contributed by atoms with Gasteiger partial charge in [0.05, 0.1) is 13.2 Å². The lowest BCUT2D eigenvalue weighted by Gasteiger charge is -2.22. The molecule has 1 aromatic heterocycles. The zero-order valence-electron chi connectivity index (χ0n) is 15.6. The molecule has 2 aromatic rings. The summed E-state index contributed by atoms with van der Waals surface area (Å²) in [6, 6.07) is 11.2. The van der Waals surface area contributed by atoms with Crippen molar-refractivity contribution in [1.82, 2.24) is 4.90 Å².